The van der Waals surface area contributed by atoms with E-state index in [2.05, 4.69) is 9.72 Å². The Bertz CT molecular complexity index is 1590. The topological polar surface area (TPSA) is 114 Å². The zero-order chi connectivity index (χ0) is 30.1. The van der Waals surface area contributed by atoms with Gasteiger partial charge >= 0.3 is 12.5 Å². The van der Waals surface area contributed by atoms with Gasteiger partial charge in [-0.25, -0.2) is 16.8 Å². The number of benzene rings is 2. The van der Waals surface area contributed by atoms with Gasteiger partial charge in [-0.05, 0) is 30.3 Å². The summed E-state index contributed by atoms with van der Waals surface area (Å²) in [6.07, 6.45) is -8.41. The Morgan fingerprint density at radius 1 is 0.950 bits per heavy atom. The third kappa shape index (κ3) is 8.08. The number of aliphatic hydroxyl groups excluding tert-OH is 1. The number of sulfone groups is 2. The van der Waals surface area contributed by atoms with Gasteiger partial charge in [-0.1, -0.05) is 18.2 Å². The molecule has 0 fully saturated rings. The van der Waals surface area contributed by atoms with Crippen LogP contribution < -0.4 is 9.64 Å². The molecular formula is C24H22F6N2O6S2. The molecule has 0 bridgehead atoms. The predicted octanol–water partition coefficient (Wildman–Crippen LogP) is 4.61. The van der Waals surface area contributed by atoms with Crippen LogP contribution in [0.3, 0.4) is 0 Å². The number of alkyl halides is 6. The second kappa shape index (κ2) is 11.2. The second-order valence-corrected chi connectivity index (χ2v) is 13.0. The fourth-order valence-corrected chi connectivity index (χ4v) is 4.93. The van der Waals surface area contributed by atoms with E-state index < -0.39 is 72.5 Å². The van der Waals surface area contributed by atoms with Crippen molar-refractivity contribution in [3.8, 4) is 16.9 Å². The Hall–Kier alpha value is -3.37. The van der Waals surface area contributed by atoms with Gasteiger partial charge in [0.25, 0.3) is 0 Å². The third-order valence-electron chi connectivity index (χ3n) is 5.49. The molecule has 1 unspecified atom stereocenters. The van der Waals surface area contributed by atoms with Crippen LogP contribution in [0.2, 0.25) is 0 Å². The first-order valence-corrected chi connectivity index (χ1v) is 15.1. The molecule has 0 amide bonds. The van der Waals surface area contributed by atoms with Crippen molar-refractivity contribution in [2.24, 2.45) is 0 Å². The fourth-order valence-electron chi connectivity index (χ4n) is 3.71. The van der Waals surface area contributed by atoms with Gasteiger partial charge in [0.15, 0.2) is 16.1 Å². The van der Waals surface area contributed by atoms with Crippen molar-refractivity contribution in [1.29, 1.82) is 0 Å². The minimum Gasteiger partial charge on any atom is -0.405 e. The van der Waals surface area contributed by atoms with Crippen molar-refractivity contribution in [2.75, 3.05) is 29.7 Å². The number of rotatable bonds is 9. The minimum absolute atomic E-state index is 0.0438. The maximum Gasteiger partial charge on any atom is 0.573 e. The second-order valence-electron chi connectivity index (χ2n) is 8.69. The monoisotopic (exact) mass is 612 g/mol. The molecule has 218 valence electrons. The van der Waals surface area contributed by atoms with Crippen LogP contribution in [0.25, 0.3) is 11.1 Å². The maximum atomic E-state index is 13.6. The smallest absolute Gasteiger partial charge is 0.405 e. The van der Waals surface area contributed by atoms with Crippen molar-refractivity contribution in [1.82, 2.24) is 4.98 Å². The lowest BCUT2D eigenvalue weighted by molar-refractivity contribution is -0.274. The predicted molar refractivity (Wildman–Crippen MR) is 133 cm³/mol. The molecule has 8 nitrogen and oxygen atoms in total. The number of aromatic nitrogens is 1. The minimum atomic E-state index is -5.08. The summed E-state index contributed by atoms with van der Waals surface area (Å²) >= 11 is 0. The van der Waals surface area contributed by atoms with E-state index in [1.807, 2.05) is 0 Å². The van der Waals surface area contributed by atoms with Gasteiger partial charge in [-0.2, -0.15) is 13.2 Å². The summed E-state index contributed by atoms with van der Waals surface area (Å²) < 4.78 is 132. The number of pyridine rings is 1. The molecule has 1 atom stereocenters. The molecule has 0 aliphatic heterocycles. The number of anilines is 1. The van der Waals surface area contributed by atoms with E-state index in [4.69, 9.17) is 0 Å². The summed E-state index contributed by atoms with van der Waals surface area (Å²) in [6, 6.07) is 7.79. The van der Waals surface area contributed by atoms with Crippen molar-refractivity contribution in [3.63, 3.8) is 0 Å². The first kappa shape index (κ1) is 31.2. The molecule has 1 N–H and O–H groups in total. The van der Waals surface area contributed by atoms with Gasteiger partial charge < -0.3 is 14.7 Å². The van der Waals surface area contributed by atoms with Crippen LogP contribution in [0.5, 0.6) is 5.75 Å². The fraction of sp³-hybridized carbons (Fsp3) is 0.292. The van der Waals surface area contributed by atoms with Gasteiger partial charge in [-0.3, -0.25) is 4.98 Å². The maximum absolute atomic E-state index is 13.6. The Balaban J connectivity index is 2.25. The summed E-state index contributed by atoms with van der Waals surface area (Å²) in [5.74, 6) is -1.30. The first-order valence-electron chi connectivity index (χ1n) is 11.1. The van der Waals surface area contributed by atoms with E-state index in [9.17, 15) is 48.3 Å². The number of ether oxygens (including phenoxy) is 1. The normalized spacial score (nSPS) is 13.6. The zero-order valence-electron chi connectivity index (χ0n) is 20.7. The highest BCUT2D eigenvalue weighted by molar-refractivity contribution is 7.91. The molecule has 3 rings (SSSR count). The molecule has 1 aromatic heterocycles. The van der Waals surface area contributed by atoms with Gasteiger partial charge in [0, 0.05) is 41.9 Å². The van der Waals surface area contributed by atoms with Gasteiger partial charge in [-0.15, -0.1) is 13.2 Å². The van der Waals surface area contributed by atoms with Crippen LogP contribution in [0.1, 0.15) is 17.4 Å². The standard InChI is InChI=1S/C24H22F6N2O6S2/c1-39(34,35)10-9-32(22(33)15-11-16(23(25,26)27)13-17(12-15)40(2,36)37)20-14-31-8-7-18(20)19-5-3-4-6-21(19)38-24(28,29)30/h3-8,11-14,22,33H,9-10H2,1-2H3. The lowest BCUT2D eigenvalue weighted by atomic mass is 10.0. The highest BCUT2D eigenvalue weighted by Gasteiger charge is 2.35. The quantitative estimate of drug-likeness (QED) is 0.275. The average molecular weight is 613 g/mol. The molecule has 0 saturated heterocycles. The van der Waals surface area contributed by atoms with Crippen molar-refractivity contribution < 1.29 is 53.0 Å². The molecular weight excluding hydrogens is 590 g/mol. The third-order valence-corrected chi connectivity index (χ3v) is 7.51. The highest BCUT2D eigenvalue weighted by Crippen LogP contribution is 2.41. The zero-order valence-corrected chi connectivity index (χ0v) is 22.4. The molecule has 16 heteroatoms. The number of hydrogen-bond acceptors (Lipinski definition) is 8. The summed E-state index contributed by atoms with van der Waals surface area (Å²) in [5, 5.41) is 11.3. The molecule has 0 saturated carbocycles. The molecule has 0 aliphatic carbocycles. The summed E-state index contributed by atoms with van der Waals surface area (Å²) in [7, 11) is -7.94. The van der Waals surface area contributed by atoms with E-state index >= 15 is 0 Å². The largest absolute Gasteiger partial charge is 0.573 e. The summed E-state index contributed by atoms with van der Waals surface area (Å²) in [5.41, 5.74) is -2.34. The van der Waals surface area contributed by atoms with E-state index in [-0.39, 0.29) is 16.8 Å². The van der Waals surface area contributed by atoms with Gasteiger partial charge in [0.1, 0.15) is 15.6 Å². The summed E-state index contributed by atoms with van der Waals surface area (Å²) in [6.45, 7) is -0.564. The van der Waals surface area contributed by atoms with Crippen LogP contribution >= 0.6 is 0 Å². The van der Waals surface area contributed by atoms with E-state index in [1.54, 1.807) is 0 Å². The van der Waals surface area contributed by atoms with Crippen LogP contribution in [0.15, 0.2) is 65.8 Å². The summed E-state index contributed by atoms with van der Waals surface area (Å²) in [4.78, 5) is 4.02. The first-order chi connectivity index (χ1) is 18.3. The molecule has 1 heterocycles. The van der Waals surface area contributed by atoms with E-state index in [1.165, 1.54) is 30.5 Å². The number of halogens is 6. The molecule has 40 heavy (non-hydrogen) atoms. The van der Waals surface area contributed by atoms with Crippen LogP contribution in [-0.2, 0) is 25.9 Å². The lowest BCUT2D eigenvalue weighted by Crippen LogP contribution is -2.34. The van der Waals surface area contributed by atoms with Crippen molar-refractivity contribution in [2.45, 2.75) is 23.7 Å². The molecule has 3 aromatic rings. The molecule has 0 radical (unpaired) electrons. The van der Waals surface area contributed by atoms with Crippen LogP contribution in [0, 0.1) is 0 Å². The Labute approximate surface area is 225 Å². The SMILES string of the molecule is CS(=O)(=O)CCN(c1cnccc1-c1ccccc1OC(F)(F)F)C(O)c1cc(C(F)(F)F)cc(S(C)(=O)=O)c1. The highest BCUT2D eigenvalue weighted by atomic mass is 32.2. The van der Waals surface area contributed by atoms with Crippen molar-refractivity contribution >= 4 is 25.4 Å². The Morgan fingerprint density at radius 2 is 1.60 bits per heavy atom. The van der Waals surface area contributed by atoms with Crippen molar-refractivity contribution in [3.05, 3.63) is 72.1 Å². The number of aliphatic hydroxyl groups is 1. The lowest BCUT2D eigenvalue weighted by Gasteiger charge is -2.32. The Kier molecular flexibility index (Phi) is 8.76. The van der Waals surface area contributed by atoms with E-state index in [0.717, 1.165) is 29.5 Å². The van der Waals surface area contributed by atoms with Gasteiger partial charge in [0.05, 0.1) is 28.1 Å². The number of para-hydroxylation sites is 1. The van der Waals surface area contributed by atoms with Gasteiger partial charge in [0.2, 0.25) is 0 Å². The number of hydrogen-bond donors (Lipinski definition) is 1. The van der Waals surface area contributed by atoms with Crippen LogP contribution in [0.4, 0.5) is 32.0 Å². The van der Waals surface area contributed by atoms with E-state index in [0.29, 0.717) is 18.4 Å². The van der Waals surface area contributed by atoms with Crippen LogP contribution in [-0.4, -0.2) is 58.1 Å². The molecule has 0 aliphatic rings. The average Bonchev–Trinajstić information content (AvgIpc) is 2.82. The number of nitrogens with zero attached hydrogens (tertiary/aromatic N) is 2. The Morgan fingerprint density at radius 3 is 2.17 bits per heavy atom. The molecule has 2 aromatic carbocycles. The molecule has 0 spiro atoms.